The molecule has 0 unspecified atom stereocenters. The molecule has 3 aliphatic heterocycles. The number of aliphatic hydroxyl groups excluding tert-OH is 1. The van der Waals surface area contributed by atoms with E-state index in [9.17, 15) is 19.5 Å². The van der Waals surface area contributed by atoms with Gasteiger partial charge in [-0.15, -0.1) is 0 Å². The van der Waals surface area contributed by atoms with E-state index in [1.807, 2.05) is 38.2 Å². The number of hydrogen-bond acceptors (Lipinski definition) is 5. The first-order valence-electron chi connectivity index (χ1n) is 10.5. The predicted molar refractivity (Wildman–Crippen MR) is 118 cm³/mol. The second-order valence-corrected chi connectivity index (χ2v) is 14.2. The summed E-state index contributed by atoms with van der Waals surface area (Å²) in [4.78, 5) is 39.1. The number of amides is 2. The van der Waals surface area contributed by atoms with Crippen LogP contribution in [0, 0.1) is 5.92 Å². The topological polar surface area (TPSA) is 99.1 Å². The molecule has 5 atom stereocenters. The van der Waals surface area contributed by atoms with Crippen LogP contribution in [0.4, 0.5) is 5.69 Å². The number of likely N-dealkylation sites (tertiary alicyclic amines) is 1. The Balaban J connectivity index is 1.69. The Morgan fingerprint density at radius 3 is 2.83 bits per heavy atom. The van der Waals surface area contributed by atoms with Crippen LogP contribution in [-0.2, 0) is 19.9 Å². The van der Waals surface area contributed by atoms with Gasteiger partial charge in [-0.05, 0) is 44.1 Å². The Morgan fingerprint density at radius 1 is 1.43 bits per heavy atom. The number of halogens is 1. The van der Waals surface area contributed by atoms with Crippen LogP contribution < -0.4 is 5.32 Å². The molecule has 2 amide bonds. The zero-order valence-corrected chi connectivity index (χ0v) is 20.1. The first kappa shape index (κ1) is 21.9. The van der Waals surface area contributed by atoms with Gasteiger partial charge >= 0.3 is 0 Å². The van der Waals surface area contributed by atoms with Gasteiger partial charge in [0.05, 0.1) is 25.2 Å². The van der Waals surface area contributed by atoms with E-state index in [0.29, 0.717) is 12.2 Å². The molecule has 30 heavy (non-hydrogen) atoms. The minimum atomic E-state index is -2.78. The number of aliphatic hydroxyl groups is 1. The summed E-state index contributed by atoms with van der Waals surface area (Å²) in [7, 11) is -2.78. The van der Waals surface area contributed by atoms with Gasteiger partial charge < -0.3 is 24.9 Å². The summed E-state index contributed by atoms with van der Waals surface area (Å²) < 4.78 is 7.33. The van der Waals surface area contributed by atoms with Crippen LogP contribution in [0.3, 0.4) is 0 Å². The van der Waals surface area contributed by atoms with Crippen LogP contribution in [0.5, 0.6) is 0 Å². The number of carbonyl (C=O) groups excluding carboxylic acids is 2. The van der Waals surface area contributed by atoms with Crippen LogP contribution in [0.25, 0.3) is 0 Å². The molecule has 0 saturated carbocycles. The first-order chi connectivity index (χ1) is 14.1. The van der Waals surface area contributed by atoms with E-state index in [0.717, 1.165) is 22.9 Å². The Labute approximate surface area is 186 Å². The van der Waals surface area contributed by atoms with Gasteiger partial charge in [0.25, 0.3) is 5.91 Å². The smallest absolute Gasteiger partial charge is 0.261 e. The highest BCUT2D eigenvalue weighted by atomic mass is 79.9. The highest BCUT2D eigenvalue weighted by Gasteiger charge is 2.65. The van der Waals surface area contributed by atoms with Crippen molar-refractivity contribution in [3.8, 4) is 0 Å². The summed E-state index contributed by atoms with van der Waals surface area (Å²) >= 11 is 3.48. The first-order valence-corrected chi connectivity index (χ1v) is 14.3. The number of benzene rings is 1. The fraction of sp³-hybridized carbons (Fsp3) is 0.619. The molecule has 4 rings (SSSR count). The van der Waals surface area contributed by atoms with E-state index in [1.165, 1.54) is 0 Å². The molecular weight excluding hydrogens is 468 g/mol. The second kappa shape index (κ2) is 7.70. The van der Waals surface area contributed by atoms with E-state index in [-0.39, 0.29) is 42.3 Å². The maximum absolute atomic E-state index is 13.2. The lowest BCUT2D eigenvalue weighted by atomic mass is 9.82. The number of rotatable bonds is 4. The molecular formula is C21H29BrN2O5Si. The lowest BCUT2D eigenvalue weighted by molar-refractivity contribution is -0.148. The van der Waals surface area contributed by atoms with E-state index in [2.05, 4.69) is 21.2 Å². The molecule has 9 heteroatoms. The van der Waals surface area contributed by atoms with E-state index < -0.39 is 20.0 Å². The highest BCUT2D eigenvalue weighted by molar-refractivity contribution is 9.10. The van der Waals surface area contributed by atoms with Crippen molar-refractivity contribution in [1.29, 1.82) is 0 Å². The predicted octanol–water partition coefficient (Wildman–Crippen LogP) is 2.57. The maximum Gasteiger partial charge on any atom is 0.261 e. The van der Waals surface area contributed by atoms with Crippen LogP contribution in [0.15, 0.2) is 22.7 Å². The fourth-order valence-corrected chi connectivity index (χ4v) is 8.63. The van der Waals surface area contributed by atoms with Gasteiger partial charge in [-0.3, -0.25) is 9.59 Å². The Kier molecular flexibility index (Phi) is 5.64. The van der Waals surface area contributed by atoms with Gasteiger partial charge in [0, 0.05) is 33.7 Å². The number of fused-ring (bicyclic) bond motifs is 2. The van der Waals surface area contributed by atoms with Crippen LogP contribution in [0.1, 0.15) is 31.7 Å². The van der Waals surface area contributed by atoms with Gasteiger partial charge in [0.15, 0.2) is 13.9 Å². The zero-order chi connectivity index (χ0) is 21.8. The SMILES string of the molecule is C[C@H]1[C@H]([Si](C)(C)O)[C@@H](CC(=O)N2CCC[C@H]2CO)O[C@]12C(=O)Nc1ccc(Br)cc12. The van der Waals surface area contributed by atoms with Crippen molar-refractivity contribution >= 4 is 41.7 Å². The Bertz CT molecular complexity index is 875. The average molecular weight is 497 g/mol. The minimum Gasteiger partial charge on any atom is -0.432 e. The Morgan fingerprint density at radius 2 is 2.17 bits per heavy atom. The molecule has 1 aromatic rings. The van der Waals surface area contributed by atoms with Crippen LogP contribution in [-0.4, -0.2) is 60.2 Å². The van der Waals surface area contributed by atoms with Crippen molar-refractivity contribution in [2.45, 2.75) is 62.6 Å². The Hall–Kier alpha value is -1.26. The summed E-state index contributed by atoms with van der Waals surface area (Å²) in [6.45, 7) is 6.20. The van der Waals surface area contributed by atoms with E-state index >= 15 is 0 Å². The number of nitrogens with zero attached hydrogens (tertiary/aromatic N) is 1. The third-order valence-corrected chi connectivity index (χ3v) is 9.98. The number of hydrogen-bond donors (Lipinski definition) is 3. The van der Waals surface area contributed by atoms with Crippen molar-refractivity contribution < 1.29 is 24.2 Å². The average Bonchev–Trinajstić information content (AvgIpc) is 3.32. The third-order valence-electron chi connectivity index (χ3n) is 6.98. The second-order valence-electron chi connectivity index (χ2n) is 9.27. The molecule has 1 spiro atoms. The lowest BCUT2D eigenvalue weighted by Gasteiger charge is -2.32. The molecule has 164 valence electrons. The fourth-order valence-electron chi connectivity index (χ4n) is 5.71. The van der Waals surface area contributed by atoms with Crippen molar-refractivity contribution in [1.82, 2.24) is 4.90 Å². The molecule has 0 radical (unpaired) electrons. The lowest BCUT2D eigenvalue weighted by Crippen LogP contribution is -2.44. The number of anilines is 1. The molecule has 3 heterocycles. The molecule has 0 aliphatic carbocycles. The van der Waals surface area contributed by atoms with Gasteiger partial charge in [-0.1, -0.05) is 22.9 Å². The van der Waals surface area contributed by atoms with E-state index in [1.54, 1.807) is 4.90 Å². The standard InChI is InChI=1S/C21H29BrN2O5Si/c1-12-19(30(2,3)28)17(10-18(26)24-8-4-5-14(24)11-25)29-21(12)15-9-13(22)6-7-16(15)23-20(21)27/h6-7,9,12,14,17,19,25,28H,4-5,8,10-11H2,1-3H3,(H,23,27)/t12-,14-,17+,19-,21+/m0/s1. The molecule has 0 bridgehead atoms. The molecule has 7 nitrogen and oxygen atoms in total. The molecule has 3 N–H and O–H groups in total. The summed E-state index contributed by atoms with van der Waals surface area (Å²) in [5.41, 5.74) is -0.0456. The summed E-state index contributed by atoms with van der Waals surface area (Å²) in [6, 6.07) is 5.44. The van der Waals surface area contributed by atoms with Crippen molar-refractivity contribution in [3.63, 3.8) is 0 Å². The van der Waals surface area contributed by atoms with Gasteiger partial charge in [0.2, 0.25) is 5.91 Å². The van der Waals surface area contributed by atoms with Gasteiger partial charge in [0.1, 0.15) is 0 Å². The largest absolute Gasteiger partial charge is 0.432 e. The van der Waals surface area contributed by atoms with Gasteiger partial charge in [-0.25, -0.2) is 0 Å². The number of nitrogens with one attached hydrogen (secondary N) is 1. The highest BCUT2D eigenvalue weighted by Crippen LogP contribution is 2.58. The molecule has 2 saturated heterocycles. The van der Waals surface area contributed by atoms with E-state index in [4.69, 9.17) is 4.74 Å². The molecule has 1 aromatic carbocycles. The van der Waals surface area contributed by atoms with Crippen molar-refractivity contribution in [2.24, 2.45) is 5.92 Å². The van der Waals surface area contributed by atoms with Crippen molar-refractivity contribution in [3.05, 3.63) is 28.2 Å². The monoisotopic (exact) mass is 496 g/mol. The van der Waals surface area contributed by atoms with Crippen LogP contribution in [0.2, 0.25) is 18.6 Å². The zero-order valence-electron chi connectivity index (χ0n) is 17.5. The van der Waals surface area contributed by atoms with Crippen LogP contribution >= 0.6 is 15.9 Å². The van der Waals surface area contributed by atoms with Gasteiger partial charge in [-0.2, -0.15) is 0 Å². The maximum atomic E-state index is 13.2. The summed E-state index contributed by atoms with van der Waals surface area (Å²) in [6.07, 6.45) is 1.20. The molecule has 2 fully saturated rings. The number of carbonyl (C=O) groups is 2. The summed E-state index contributed by atoms with van der Waals surface area (Å²) in [5, 5.41) is 12.5. The molecule has 3 aliphatic rings. The van der Waals surface area contributed by atoms with Crippen molar-refractivity contribution in [2.75, 3.05) is 18.5 Å². The quantitative estimate of drug-likeness (QED) is 0.556. The minimum absolute atomic E-state index is 0.0505. The normalized spacial score (nSPS) is 33.3. The third kappa shape index (κ3) is 3.35. The number of ether oxygens (including phenoxy) is 1. The molecule has 0 aromatic heterocycles. The summed E-state index contributed by atoms with van der Waals surface area (Å²) in [5.74, 6) is -0.614.